The van der Waals surface area contributed by atoms with E-state index in [2.05, 4.69) is 44.2 Å². The van der Waals surface area contributed by atoms with Gasteiger partial charge >= 0.3 is 0 Å². The van der Waals surface area contributed by atoms with Gasteiger partial charge in [0.1, 0.15) is 0 Å². The molecule has 1 unspecified atom stereocenters. The van der Waals surface area contributed by atoms with Gasteiger partial charge in [0.25, 0.3) is 0 Å². The van der Waals surface area contributed by atoms with Crippen LogP contribution in [0.3, 0.4) is 0 Å². The maximum absolute atomic E-state index is 6.15. The van der Waals surface area contributed by atoms with Crippen LogP contribution in [0.5, 0.6) is 0 Å². The monoisotopic (exact) mass is 292 g/mol. The quantitative estimate of drug-likeness (QED) is 0.651. The van der Waals surface area contributed by atoms with Crippen LogP contribution in [-0.2, 0) is 6.42 Å². The van der Waals surface area contributed by atoms with Gasteiger partial charge in [0.05, 0.1) is 0 Å². The molecule has 0 aliphatic carbocycles. The first-order chi connectivity index (χ1) is 9.10. The minimum absolute atomic E-state index is 0.333. The standard InChI is InChI=1S/C17H18Cl2/c1-12-3-4-13(2)15(9-12)10-16(11-18)14-5-7-17(19)8-6-14/h3-9,16H,10-11H2,1-2H3. The van der Waals surface area contributed by atoms with Gasteiger partial charge in [-0.1, -0.05) is 47.5 Å². The minimum Gasteiger partial charge on any atom is -0.126 e. The molecule has 2 aromatic carbocycles. The number of hydrogen-bond donors (Lipinski definition) is 0. The Hall–Kier alpha value is -0.980. The van der Waals surface area contributed by atoms with Crippen molar-refractivity contribution < 1.29 is 0 Å². The highest BCUT2D eigenvalue weighted by molar-refractivity contribution is 6.30. The molecule has 0 heterocycles. The Balaban J connectivity index is 2.23. The van der Waals surface area contributed by atoms with E-state index in [1.807, 2.05) is 12.1 Å². The molecule has 0 aliphatic heterocycles. The molecule has 100 valence electrons. The first kappa shape index (κ1) is 14.4. The predicted molar refractivity (Wildman–Crippen MR) is 84.5 cm³/mol. The van der Waals surface area contributed by atoms with Gasteiger partial charge in [-0.15, -0.1) is 11.6 Å². The Morgan fingerprint density at radius 3 is 2.32 bits per heavy atom. The van der Waals surface area contributed by atoms with E-state index in [4.69, 9.17) is 23.2 Å². The molecule has 1 atom stereocenters. The molecule has 0 spiro atoms. The zero-order valence-electron chi connectivity index (χ0n) is 11.3. The van der Waals surface area contributed by atoms with Crippen molar-refractivity contribution in [3.8, 4) is 0 Å². The molecule has 0 N–H and O–H groups in total. The molecule has 0 aliphatic rings. The van der Waals surface area contributed by atoms with Crippen molar-refractivity contribution in [2.75, 3.05) is 5.88 Å². The Kier molecular flexibility index (Phi) is 4.90. The maximum Gasteiger partial charge on any atom is 0.0406 e. The maximum atomic E-state index is 6.15. The lowest BCUT2D eigenvalue weighted by atomic mass is 9.91. The summed E-state index contributed by atoms with van der Waals surface area (Å²) in [6.07, 6.45) is 0.971. The molecule has 0 fully saturated rings. The lowest BCUT2D eigenvalue weighted by molar-refractivity contribution is 0.762. The van der Waals surface area contributed by atoms with Crippen molar-refractivity contribution >= 4 is 23.2 Å². The number of hydrogen-bond acceptors (Lipinski definition) is 0. The van der Waals surface area contributed by atoms with Crippen molar-refractivity contribution in [1.82, 2.24) is 0 Å². The second-order valence-electron chi connectivity index (χ2n) is 5.04. The third-order valence-electron chi connectivity index (χ3n) is 3.50. The van der Waals surface area contributed by atoms with Crippen LogP contribution in [0.2, 0.25) is 5.02 Å². The largest absolute Gasteiger partial charge is 0.126 e. The summed E-state index contributed by atoms with van der Waals surface area (Å²) in [6, 6.07) is 14.6. The summed E-state index contributed by atoms with van der Waals surface area (Å²) in [5.41, 5.74) is 5.25. The lowest BCUT2D eigenvalue weighted by Crippen LogP contribution is -2.06. The highest BCUT2D eigenvalue weighted by Gasteiger charge is 2.12. The van der Waals surface area contributed by atoms with Crippen LogP contribution in [-0.4, -0.2) is 5.88 Å². The third kappa shape index (κ3) is 3.75. The molecule has 0 saturated carbocycles. The van der Waals surface area contributed by atoms with E-state index in [1.54, 1.807) is 0 Å². The van der Waals surface area contributed by atoms with E-state index < -0.39 is 0 Å². The molecule has 0 saturated heterocycles. The zero-order valence-corrected chi connectivity index (χ0v) is 12.8. The summed E-state index contributed by atoms with van der Waals surface area (Å²) in [5, 5.41) is 0.767. The van der Waals surface area contributed by atoms with Crippen LogP contribution in [0.4, 0.5) is 0 Å². The van der Waals surface area contributed by atoms with Crippen LogP contribution in [0, 0.1) is 13.8 Å². The highest BCUT2D eigenvalue weighted by Crippen LogP contribution is 2.25. The Labute approximate surface area is 125 Å². The van der Waals surface area contributed by atoms with Gasteiger partial charge in [0.2, 0.25) is 0 Å². The summed E-state index contributed by atoms with van der Waals surface area (Å²) in [7, 11) is 0. The van der Waals surface area contributed by atoms with Crippen LogP contribution in [0.15, 0.2) is 42.5 Å². The number of rotatable bonds is 4. The molecule has 0 bridgehead atoms. The first-order valence-corrected chi connectivity index (χ1v) is 7.39. The summed E-state index contributed by atoms with van der Waals surface area (Å²) >= 11 is 12.1. The first-order valence-electron chi connectivity index (χ1n) is 6.47. The Bertz CT molecular complexity index is 544. The van der Waals surface area contributed by atoms with Gasteiger partial charge in [0, 0.05) is 16.8 Å². The van der Waals surface area contributed by atoms with E-state index in [1.165, 1.54) is 22.3 Å². The summed E-state index contributed by atoms with van der Waals surface area (Å²) in [5.74, 6) is 0.953. The number of aryl methyl sites for hydroxylation is 2. The average Bonchev–Trinajstić information content (AvgIpc) is 2.41. The van der Waals surface area contributed by atoms with E-state index in [0.717, 1.165) is 11.4 Å². The lowest BCUT2D eigenvalue weighted by Gasteiger charge is -2.16. The van der Waals surface area contributed by atoms with Gasteiger partial charge in [-0.25, -0.2) is 0 Å². The average molecular weight is 293 g/mol. The van der Waals surface area contributed by atoms with Crippen molar-refractivity contribution in [1.29, 1.82) is 0 Å². The Morgan fingerprint density at radius 1 is 1.00 bits per heavy atom. The van der Waals surface area contributed by atoms with E-state index in [9.17, 15) is 0 Å². The summed E-state index contributed by atoms with van der Waals surface area (Å²) < 4.78 is 0. The van der Waals surface area contributed by atoms with Gasteiger partial charge in [0.15, 0.2) is 0 Å². The smallest absolute Gasteiger partial charge is 0.0406 e. The van der Waals surface area contributed by atoms with Gasteiger partial charge in [-0.05, 0) is 49.1 Å². The molecule has 2 aromatic rings. The van der Waals surface area contributed by atoms with Gasteiger partial charge in [-0.2, -0.15) is 0 Å². The van der Waals surface area contributed by atoms with E-state index in [-0.39, 0.29) is 0 Å². The molecule has 0 radical (unpaired) electrons. The van der Waals surface area contributed by atoms with Crippen molar-refractivity contribution in [3.05, 3.63) is 69.7 Å². The van der Waals surface area contributed by atoms with E-state index >= 15 is 0 Å². The van der Waals surface area contributed by atoms with Crippen molar-refractivity contribution in [3.63, 3.8) is 0 Å². The third-order valence-corrected chi connectivity index (χ3v) is 4.12. The molecule has 0 aromatic heterocycles. The second kappa shape index (κ2) is 6.45. The van der Waals surface area contributed by atoms with Crippen LogP contribution in [0.25, 0.3) is 0 Å². The van der Waals surface area contributed by atoms with Gasteiger partial charge in [-0.3, -0.25) is 0 Å². The van der Waals surface area contributed by atoms with E-state index in [0.29, 0.717) is 11.8 Å². The van der Waals surface area contributed by atoms with Crippen molar-refractivity contribution in [2.45, 2.75) is 26.2 Å². The molecular formula is C17H18Cl2. The fourth-order valence-corrected chi connectivity index (χ4v) is 2.70. The molecule has 0 nitrogen and oxygen atoms in total. The fraction of sp³-hybridized carbons (Fsp3) is 0.294. The molecule has 0 amide bonds. The number of alkyl halides is 1. The predicted octanol–water partition coefficient (Wildman–Crippen LogP) is 5.52. The number of benzene rings is 2. The second-order valence-corrected chi connectivity index (χ2v) is 5.78. The summed E-state index contributed by atoms with van der Waals surface area (Å²) in [6.45, 7) is 4.28. The highest BCUT2D eigenvalue weighted by atomic mass is 35.5. The van der Waals surface area contributed by atoms with Gasteiger partial charge < -0.3 is 0 Å². The van der Waals surface area contributed by atoms with Crippen LogP contribution >= 0.6 is 23.2 Å². The SMILES string of the molecule is Cc1ccc(C)c(CC(CCl)c2ccc(Cl)cc2)c1. The molecular weight excluding hydrogens is 275 g/mol. The van der Waals surface area contributed by atoms with Crippen LogP contribution < -0.4 is 0 Å². The molecule has 2 heteroatoms. The topological polar surface area (TPSA) is 0 Å². The molecule has 19 heavy (non-hydrogen) atoms. The number of halogens is 2. The molecule has 2 rings (SSSR count). The summed E-state index contributed by atoms with van der Waals surface area (Å²) in [4.78, 5) is 0. The Morgan fingerprint density at radius 2 is 1.68 bits per heavy atom. The van der Waals surface area contributed by atoms with Crippen molar-refractivity contribution in [2.24, 2.45) is 0 Å². The zero-order chi connectivity index (χ0) is 13.8. The fourth-order valence-electron chi connectivity index (χ4n) is 2.28. The van der Waals surface area contributed by atoms with Crippen LogP contribution in [0.1, 0.15) is 28.2 Å². The normalized spacial score (nSPS) is 12.4. The minimum atomic E-state index is 0.333.